The van der Waals surface area contributed by atoms with Crippen molar-refractivity contribution in [2.24, 2.45) is 11.1 Å². The molecule has 1 aromatic rings. The van der Waals surface area contributed by atoms with Crippen molar-refractivity contribution in [3.05, 3.63) is 29.3 Å². The van der Waals surface area contributed by atoms with Crippen molar-refractivity contribution in [1.29, 1.82) is 0 Å². The molecule has 0 fully saturated rings. The fraction of sp³-hybridized carbons (Fsp3) is 0.417. The second kappa shape index (κ2) is 3.93. The summed E-state index contributed by atoms with van der Waals surface area (Å²) in [6.07, 6.45) is 1.87. The average Bonchev–Trinajstić information content (AvgIpc) is 2.27. The summed E-state index contributed by atoms with van der Waals surface area (Å²) in [6.45, 7) is 2.17. The molecule has 0 bridgehead atoms. The molecule has 1 aliphatic rings. The molecule has 0 heterocycles. The van der Waals surface area contributed by atoms with Gasteiger partial charge in [-0.3, -0.25) is 0 Å². The van der Waals surface area contributed by atoms with Gasteiger partial charge in [-0.05, 0) is 36.5 Å². The maximum Gasteiger partial charge on any atom is 0.119 e. The van der Waals surface area contributed by atoms with Crippen LogP contribution >= 0.6 is 0 Å². The Balaban J connectivity index is 2.48. The molecule has 1 N–H and O–H groups in total. The van der Waals surface area contributed by atoms with Gasteiger partial charge in [-0.25, -0.2) is 0 Å². The zero-order chi connectivity index (χ0) is 10.8. The predicted octanol–water partition coefficient (Wildman–Crippen LogP) is 2.46. The molecule has 0 aliphatic heterocycles. The quantitative estimate of drug-likeness (QED) is 0.565. The molecule has 15 heavy (non-hydrogen) atoms. The monoisotopic (exact) mass is 205 g/mol. The third-order valence-electron chi connectivity index (χ3n) is 2.86. The molecule has 3 heteroatoms. The van der Waals surface area contributed by atoms with Gasteiger partial charge in [0.15, 0.2) is 0 Å². The summed E-state index contributed by atoms with van der Waals surface area (Å²) >= 11 is 0. The van der Waals surface area contributed by atoms with Gasteiger partial charge >= 0.3 is 0 Å². The highest BCUT2D eigenvalue weighted by Gasteiger charge is 2.21. The molecule has 0 saturated carbocycles. The molecule has 1 unspecified atom stereocenters. The van der Waals surface area contributed by atoms with Crippen LogP contribution in [-0.2, 0) is 6.42 Å². The van der Waals surface area contributed by atoms with Crippen LogP contribution in [-0.4, -0.2) is 18.0 Å². The first kappa shape index (κ1) is 10.0. The highest BCUT2D eigenvalue weighted by Crippen LogP contribution is 2.28. The smallest absolute Gasteiger partial charge is 0.119 e. The SMILES string of the molecule is COc1ccc2c(c1)/C(=N/O)CC(C)C2. The van der Waals surface area contributed by atoms with Crippen molar-refractivity contribution < 1.29 is 9.94 Å². The first-order valence-electron chi connectivity index (χ1n) is 5.12. The van der Waals surface area contributed by atoms with Gasteiger partial charge < -0.3 is 9.94 Å². The molecule has 0 radical (unpaired) electrons. The van der Waals surface area contributed by atoms with Gasteiger partial charge in [-0.1, -0.05) is 18.1 Å². The van der Waals surface area contributed by atoms with Crippen LogP contribution in [0.25, 0.3) is 0 Å². The van der Waals surface area contributed by atoms with Crippen LogP contribution in [0.5, 0.6) is 5.75 Å². The Kier molecular flexibility index (Phi) is 2.62. The minimum atomic E-state index is 0.539. The normalized spacial score (nSPS) is 22.5. The standard InChI is InChI=1S/C12H15NO2/c1-8-5-9-3-4-10(15-2)7-11(9)12(6-8)13-14/h3-4,7-8,14H,5-6H2,1-2H3/b13-12+. The number of hydrogen-bond donors (Lipinski definition) is 1. The van der Waals surface area contributed by atoms with Crippen LogP contribution < -0.4 is 4.74 Å². The Labute approximate surface area is 89.4 Å². The Hall–Kier alpha value is -1.51. The highest BCUT2D eigenvalue weighted by molar-refractivity contribution is 6.02. The third kappa shape index (κ3) is 1.82. The van der Waals surface area contributed by atoms with E-state index in [1.54, 1.807) is 7.11 Å². The highest BCUT2D eigenvalue weighted by atomic mass is 16.5. The summed E-state index contributed by atoms with van der Waals surface area (Å²) < 4.78 is 5.16. The lowest BCUT2D eigenvalue weighted by molar-refractivity contribution is 0.316. The fourth-order valence-electron chi connectivity index (χ4n) is 2.11. The summed E-state index contributed by atoms with van der Waals surface area (Å²) in [5.41, 5.74) is 3.03. The largest absolute Gasteiger partial charge is 0.497 e. The number of oxime groups is 1. The fourth-order valence-corrected chi connectivity index (χ4v) is 2.11. The van der Waals surface area contributed by atoms with Gasteiger partial charge in [0.25, 0.3) is 0 Å². The van der Waals surface area contributed by atoms with E-state index in [2.05, 4.69) is 18.1 Å². The molecule has 2 rings (SSSR count). The number of methoxy groups -OCH3 is 1. The molecule has 0 spiro atoms. The zero-order valence-electron chi connectivity index (χ0n) is 9.03. The second-order valence-electron chi connectivity index (χ2n) is 4.08. The van der Waals surface area contributed by atoms with Crippen molar-refractivity contribution in [2.75, 3.05) is 7.11 Å². The van der Waals surface area contributed by atoms with Gasteiger partial charge in [-0.2, -0.15) is 0 Å². The van der Waals surface area contributed by atoms with E-state index in [1.165, 1.54) is 5.56 Å². The molecule has 1 aliphatic carbocycles. The van der Waals surface area contributed by atoms with Crippen LogP contribution in [0.15, 0.2) is 23.4 Å². The maximum absolute atomic E-state index is 8.97. The topological polar surface area (TPSA) is 41.8 Å². The summed E-state index contributed by atoms with van der Waals surface area (Å²) in [7, 11) is 1.64. The van der Waals surface area contributed by atoms with Crippen LogP contribution in [0.3, 0.4) is 0 Å². The summed E-state index contributed by atoms with van der Waals surface area (Å²) in [5.74, 6) is 1.35. The van der Waals surface area contributed by atoms with Crippen molar-refractivity contribution in [3.63, 3.8) is 0 Å². The molecule has 0 amide bonds. The van der Waals surface area contributed by atoms with E-state index in [-0.39, 0.29) is 0 Å². The van der Waals surface area contributed by atoms with Crippen LogP contribution in [0.2, 0.25) is 0 Å². The van der Waals surface area contributed by atoms with E-state index in [0.29, 0.717) is 5.92 Å². The van der Waals surface area contributed by atoms with Gasteiger partial charge in [0.05, 0.1) is 12.8 Å². The van der Waals surface area contributed by atoms with Gasteiger partial charge in [0.1, 0.15) is 5.75 Å². The van der Waals surface area contributed by atoms with Gasteiger partial charge in [0, 0.05) is 5.56 Å². The van der Waals surface area contributed by atoms with E-state index in [0.717, 1.165) is 29.9 Å². The van der Waals surface area contributed by atoms with E-state index in [9.17, 15) is 0 Å². The second-order valence-corrected chi connectivity index (χ2v) is 4.08. The molecule has 0 saturated heterocycles. The Bertz CT molecular complexity index is 399. The molecule has 3 nitrogen and oxygen atoms in total. The van der Waals surface area contributed by atoms with Crippen molar-refractivity contribution in [3.8, 4) is 5.75 Å². The van der Waals surface area contributed by atoms with Crippen molar-refractivity contribution in [2.45, 2.75) is 19.8 Å². The lowest BCUT2D eigenvalue weighted by atomic mass is 9.83. The van der Waals surface area contributed by atoms with Crippen molar-refractivity contribution >= 4 is 5.71 Å². The number of fused-ring (bicyclic) bond motifs is 1. The Morgan fingerprint density at radius 2 is 2.20 bits per heavy atom. The molecule has 0 aromatic heterocycles. The summed E-state index contributed by atoms with van der Waals surface area (Å²) in [6, 6.07) is 5.94. The van der Waals surface area contributed by atoms with Gasteiger partial charge in [-0.15, -0.1) is 0 Å². The number of ether oxygens (including phenoxy) is 1. The van der Waals surface area contributed by atoms with E-state index in [4.69, 9.17) is 9.94 Å². The maximum atomic E-state index is 8.97. The number of rotatable bonds is 1. The predicted molar refractivity (Wildman–Crippen MR) is 58.8 cm³/mol. The number of benzene rings is 1. The van der Waals surface area contributed by atoms with E-state index < -0.39 is 0 Å². The third-order valence-corrected chi connectivity index (χ3v) is 2.86. The Morgan fingerprint density at radius 1 is 1.40 bits per heavy atom. The first-order valence-corrected chi connectivity index (χ1v) is 5.12. The number of nitrogens with zero attached hydrogens (tertiary/aromatic N) is 1. The first-order chi connectivity index (χ1) is 7.24. The number of hydrogen-bond acceptors (Lipinski definition) is 3. The molecular weight excluding hydrogens is 190 g/mol. The molecule has 1 aromatic carbocycles. The Morgan fingerprint density at radius 3 is 2.87 bits per heavy atom. The zero-order valence-corrected chi connectivity index (χ0v) is 9.03. The lowest BCUT2D eigenvalue weighted by Gasteiger charge is -2.22. The molecular formula is C12H15NO2. The van der Waals surface area contributed by atoms with Crippen LogP contribution in [0, 0.1) is 5.92 Å². The van der Waals surface area contributed by atoms with Crippen LogP contribution in [0.1, 0.15) is 24.5 Å². The summed E-state index contributed by atoms with van der Waals surface area (Å²) in [4.78, 5) is 0. The van der Waals surface area contributed by atoms with Crippen molar-refractivity contribution in [1.82, 2.24) is 0 Å². The minimum absolute atomic E-state index is 0.539. The van der Waals surface area contributed by atoms with Gasteiger partial charge in [0.2, 0.25) is 0 Å². The minimum Gasteiger partial charge on any atom is -0.497 e. The average molecular weight is 205 g/mol. The van der Waals surface area contributed by atoms with Crippen LogP contribution in [0.4, 0.5) is 0 Å². The molecule has 80 valence electrons. The van der Waals surface area contributed by atoms with E-state index >= 15 is 0 Å². The van der Waals surface area contributed by atoms with E-state index in [1.807, 2.05) is 12.1 Å². The summed E-state index contributed by atoms with van der Waals surface area (Å²) in [5, 5.41) is 12.3. The lowest BCUT2D eigenvalue weighted by Crippen LogP contribution is -2.18. The molecule has 1 atom stereocenters.